The maximum atomic E-state index is 13.8. The quantitative estimate of drug-likeness (QED) is 0.709. The number of nitrogens with one attached hydrogen (secondary N) is 1. The molecule has 0 radical (unpaired) electrons. The predicted molar refractivity (Wildman–Crippen MR) is 72.8 cm³/mol. The lowest BCUT2D eigenvalue weighted by Gasteiger charge is -2.17. The lowest BCUT2D eigenvalue weighted by Crippen LogP contribution is -2.15. The molecule has 0 unspecified atom stereocenters. The van der Waals surface area contributed by atoms with Crippen LogP contribution in [0.5, 0.6) is 0 Å². The highest BCUT2D eigenvalue weighted by atomic mass is 35.5. The van der Waals surface area contributed by atoms with E-state index in [1.165, 1.54) is 6.07 Å². The van der Waals surface area contributed by atoms with Crippen LogP contribution in [-0.2, 0) is 0 Å². The minimum absolute atomic E-state index is 0.0775. The van der Waals surface area contributed by atoms with Crippen molar-refractivity contribution in [2.75, 3.05) is 23.3 Å². The molecule has 1 rings (SSSR count). The van der Waals surface area contributed by atoms with E-state index >= 15 is 0 Å². The highest BCUT2D eigenvalue weighted by molar-refractivity contribution is 6.33. The van der Waals surface area contributed by atoms with Crippen LogP contribution in [0.15, 0.2) is 6.07 Å². The third kappa shape index (κ3) is 3.16. The highest BCUT2D eigenvalue weighted by Crippen LogP contribution is 2.33. The molecule has 0 aliphatic heterocycles. The van der Waals surface area contributed by atoms with Gasteiger partial charge >= 0.3 is 0 Å². The van der Waals surface area contributed by atoms with Gasteiger partial charge in [-0.15, -0.1) is 0 Å². The zero-order valence-corrected chi connectivity index (χ0v) is 10.9. The molecule has 0 atom stereocenters. The molecule has 0 aliphatic rings. The molecule has 0 aliphatic carbocycles. The molecule has 0 saturated carbocycles. The molecule has 3 nitrogen and oxygen atoms in total. The van der Waals surface area contributed by atoms with Gasteiger partial charge in [0.25, 0.3) is 0 Å². The van der Waals surface area contributed by atoms with Gasteiger partial charge in [-0.1, -0.05) is 38.3 Å². The van der Waals surface area contributed by atoms with E-state index in [1.54, 1.807) is 0 Å². The van der Waals surface area contributed by atoms with Gasteiger partial charge in [0.2, 0.25) is 0 Å². The largest absolute Gasteiger partial charge is 0.397 e. The second kappa shape index (κ2) is 5.96. The van der Waals surface area contributed by atoms with E-state index < -0.39 is 5.82 Å². The summed E-state index contributed by atoms with van der Waals surface area (Å²) < 4.78 is 13.8. The molecule has 1 aromatic rings. The summed E-state index contributed by atoms with van der Waals surface area (Å²) in [6.07, 6.45) is 2.07. The predicted octanol–water partition coefficient (Wildman–Crippen LogP) is 3.49. The van der Waals surface area contributed by atoms with Gasteiger partial charge in [-0.3, -0.25) is 0 Å². The van der Waals surface area contributed by atoms with Gasteiger partial charge in [-0.2, -0.15) is 0 Å². The van der Waals surface area contributed by atoms with Crippen molar-refractivity contribution in [1.82, 2.24) is 0 Å². The van der Waals surface area contributed by atoms with Crippen molar-refractivity contribution in [3.63, 3.8) is 0 Å². The van der Waals surface area contributed by atoms with E-state index in [0.29, 0.717) is 12.5 Å². The van der Waals surface area contributed by atoms with Crippen molar-refractivity contribution >= 4 is 28.7 Å². The lowest BCUT2D eigenvalue weighted by molar-refractivity contribution is 0.517. The number of halogens is 2. The molecular formula is C12H19ClFN3. The third-order valence-electron chi connectivity index (χ3n) is 2.99. The average Bonchev–Trinajstić information content (AvgIpc) is 2.31. The monoisotopic (exact) mass is 259 g/mol. The fourth-order valence-corrected chi connectivity index (χ4v) is 1.82. The SMILES string of the molecule is CCC(CC)CNc1c(N)cc(N)c(Cl)c1F. The second-order valence-electron chi connectivity index (χ2n) is 4.12. The average molecular weight is 260 g/mol. The Morgan fingerprint density at radius 1 is 1.29 bits per heavy atom. The fraction of sp³-hybridized carbons (Fsp3) is 0.500. The van der Waals surface area contributed by atoms with Crippen molar-refractivity contribution in [2.24, 2.45) is 5.92 Å². The van der Waals surface area contributed by atoms with Crippen molar-refractivity contribution in [3.05, 3.63) is 16.9 Å². The van der Waals surface area contributed by atoms with Crippen LogP contribution in [0.25, 0.3) is 0 Å². The number of nitrogen functional groups attached to an aromatic ring is 2. The maximum absolute atomic E-state index is 13.8. The summed E-state index contributed by atoms with van der Waals surface area (Å²) in [5, 5.41) is 2.93. The second-order valence-corrected chi connectivity index (χ2v) is 4.50. The Hall–Kier alpha value is -1.16. The van der Waals surface area contributed by atoms with Crippen molar-refractivity contribution < 1.29 is 4.39 Å². The number of anilines is 3. The third-order valence-corrected chi connectivity index (χ3v) is 3.37. The molecule has 0 saturated heterocycles. The molecule has 1 aromatic carbocycles. The van der Waals surface area contributed by atoms with Crippen LogP contribution in [-0.4, -0.2) is 6.54 Å². The Bertz CT molecular complexity index is 392. The summed E-state index contributed by atoms with van der Waals surface area (Å²) in [7, 11) is 0. The van der Waals surface area contributed by atoms with Crippen LogP contribution in [0, 0.1) is 11.7 Å². The zero-order valence-electron chi connectivity index (χ0n) is 10.2. The minimum atomic E-state index is -0.574. The van der Waals surface area contributed by atoms with Gasteiger partial charge in [0.05, 0.1) is 17.1 Å². The molecule has 5 heteroatoms. The Kier molecular flexibility index (Phi) is 4.87. The molecule has 17 heavy (non-hydrogen) atoms. The standard InChI is InChI=1S/C12H19ClFN3/c1-3-7(4-2)6-17-12-9(16)5-8(15)10(13)11(12)14/h5,7,17H,3-4,6,15-16H2,1-2H3. The van der Waals surface area contributed by atoms with Crippen LogP contribution in [0.4, 0.5) is 21.5 Å². The highest BCUT2D eigenvalue weighted by Gasteiger charge is 2.14. The summed E-state index contributed by atoms with van der Waals surface area (Å²) in [6, 6.07) is 1.47. The van der Waals surface area contributed by atoms with Crippen LogP contribution >= 0.6 is 11.6 Å². The van der Waals surface area contributed by atoms with E-state index in [2.05, 4.69) is 19.2 Å². The summed E-state index contributed by atoms with van der Waals surface area (Å²) >= 11 is 5.74. The smallest absolute Gasteiger partial charge is 0.169 e. The first-order valence-corrected chi connectivity index (χ1v) is 6.15. The fourth-order valence-electron chi connectivity index (χ4n) is 1.67. The molecule has 0 bridgehead atoms. The Morgan fingerprint density at radius 3 is 2.41 bits per heavy atom. The van der Waals surface area contributed by atoms with E-state index in [1.807, 2.05) is 0 Å². The summed E-state index contributed by atoms with van der Waals surface area (Å²) in [6.45, 7) is 4.88. The zero-order chi connectivity index (χ0) is 13.0. The summed E-state index contributed by atoms with van der Waals surface area (Å²) in [4.78, 5) is 0. The molecule has 0 aromatic heterocycles. The first-order valence-electron chi connectivity index (χ1n) is 5.78. The molecule has 0 fully saturated rings. The molecule has 0 spiro atoms. The summed E-state index contributed by atoms with van der Waals surface area (Å²) in [5.74, 6) is -0.0831. The lowest BCUT2D eigenvalue weighted by atomic mass is 10.0. The Labute approximate surface area is 106 Å². The van der Waals surface area contributed by atoms with Crippen LogP contribution in [0.3, 0.4) is 0 Å². The maximum Gasteiger partial charge on any atom is 0.169 e. The number of hydrogen-bond acceptors (Lipinski definition) is 3. The van der Waals surface area contributed by atoms with Crippen LogP contribution in [0.2, 0.25) is 5.02 Å². The minimum Gasteiger partial charge on any atom is -0.397 e. The summed E-state index contributed by atoms with van der Waals surface area (Å²) in [5.41, 5.74) is 11.9. The number of benzene rings is 1. The first-order chi connectivity index (χ1) is 8.01. The first kappa shape index (κ1) is 13.9. The topological polar surface area (TPSA) is 64.1 Å². The van der Waals surface area contributed by atoms with Crippen molar-refractivity contribution in [2.45, 2.75) is 26.7 Å². The molecule has 0 amide bonds. The number of rotatable bonds is 5. The van der Waals surface area contributed by atoms with Crippen molar-refractivity contribution in [1.29, 1.82) is 0 Å². The van der Waals surface area contributed by atoms with E-state index in [9.17, 15) is 4.39 Å². The van der Waals surface area contributed by atoms with Gasteiger partial charge in [0.1, 0.15) is 5.02 Å². The van der Waals surface area contributed by atoms with Crippen LogP contribution in [0.1, 0.15) is 26.7 Å². The Balaban J connectivity index is 2.88. The normalized spacial score (nSPS) is 10.9. The number of hydrogen-bond donors (Lipinski definition) is 3. The molecule has 5 N–H and O–H groups in total. The van der Waals surface area contributed by atoms with Crippen molar-refractivity contribution in [3.8, 4) is 0 Å². The van der Waals surface area contributed by atoms with Gasteiger partial charge < -0.3 is 16.8 Å². The van der Waals surface area contributed by atoms with Crippen LogP contribution < -0.4 is 16.8 Å². The van der Waals surface area contributed by atoms with Gasteiger partial charge in [-0.05, 0) is 12.0 Å². The van der Waals surface area contributed by atoms with Gasteiger partial charge in [-0.25, -0.2) is 4.39 Å². The molecule has 0 heterocycles. The van der Waals surface area contributed by atoms with Gasteiger partial charge in [0, 0.05) is 6.54 Å². The molecular weight excluding hydrogens is 241 g/mol. The van der Waals surface area contributed by atoms with Gasteiger partial charge in [0.15, 0.2) is 5.82 Å². The van der Waals surface area contributed by atoms with E-state index in [4.69, 9.17) is 23.1 Å². The Morgan fingerprint density at radius 2 is 1.88 bits per heavy atom. The number of nitrogens with two attached hydrogens (primary N) is 2. The van der Waals surface area contributed by atoms with E-state index in [-0.39, 0.29) is 22.1 Å². The molecule has 96 valence electrons. The van der Waals surface area contributed by atoms with E-state index in [0.717, 1.165) is 12.8 Å².